The van der Waals surface area contributed by atoms with Crippen molar-refractivity contribution >= 4 is 23.0 Å². The first-order valence-corrected chi connectivity index (χ1v) is 7.81. The molecule has 0 spiro atoms. The van der Waals surface area contributed by atoms with Crippen LogP contribution in [0.4, 0.5) is 0 Å². The molecule has 0 bridgehead atoms. The van der Waals surface area contributed by atoms with Crippen molar-refractivity contribution < 1.29 is 9.53 Å². The fraction of sp³-hybridized carbons (Fsp3) is 0.312. The third-order valence-electron chi connectivity index (χ3n) is 3.02. The van der Waals surface area contributed by atoms with Gasteiger partial charge < -0.3 is 4.74 Å². The van der Waals surface area contributed by atoms with Crippen LogP contribution >= 0.6 is 11.3 Å². The number of carbonyl (C=O) groups is 1. The summed E-state index contributed by atoms with van der Waals surface area (Å²) in [5.74, 6) is 0.658. The minimum Gasteiger partial charge on any atom is -0.496 e. The molecule has 0 radical (unpaired) electrons. The Balaban J connectivity index is 1.90. The number of aromatic nitrogens is 1. The molecule has 116 valence electrons. The first-order valence-electron chi connectivity index (χ1n) is 6.93. The number of nitrogens with one attached hydrogen (secondary N) is 1. The van der Waals surface area contributed by atoms with Gasteiger partial charge in [-0.05, 0) is 25.5 Å². The lowest BCUT2D eigenvalue weighted by Gasteiger charge is -2.07. The Hall–Kier alpha value is -2.21. The van der Waals surface area contributed by atoms with Gasteiger partial charge in [-0.3, -0.25) is 4.79 Å². The van der Waals surface area contributed by atoms with Crippen molar-refractivity contribution in [2.45, 2.75) is 26.7 Å². The molecule has 1 aromatic carbocycles. The molecule has 6 heteroatoms. The Morgan fingerprint density at radius 3 is 2.82 bits per heavy atom. The summed E-state index contributed by atoms with van der Waals surface area (Å²) in [5, 5.41) is 6.98. The van der Waals surface area contributed by atoms with Gasteiger partial charge in [-0.2, -0.15) is 5.10 Å². The van der Waals surface area contributed by atoms with Gasteiger partial charge in [0.15, 0.2) is 0 Å². The number of hydrogen-bond donors (Lipinski definition) is 1. The number of benzene rings is 1. The van der Waals surface area contributed by atoms with Crippen LogP contribution < -0.4 is 10.2 Å². The number of amides is 1. The summed E-state index contributed by atoms with van der Waals surface area (Å²) in [6.07, 6.45) is 0.871. The van der Waals surface area contributed by atoms with Gasteiger partial charge in [0.2, 0.25) is 5.91 Å². The van der Waals surface area contributed by atoms with Crippen molar-refractivity contribution in [2.75, 3.05) is 7.11 Å². The van der Waals surface area contributed by atoms with E-state index in [2.05, 4.69) is 15.5 Å². The fourth-order valence-corrected chi connectivity index (χ4v) is 2.63. The van der Waals surface area contributed by atoms with Crippen LogP contribution in [0.15, 0.2) is 34.7 Å². The van der Waals surface area contributed by atoms with Gasteiger partial charge in [-0.25, -0.2) is 10.4 Å². The molecule has 1 aromatic heterocycles. The maximum Gasteiger partial charge on any atom is 0.246 e. The zero-order valence-electron chi connectivity index (χ0n) is 12.9. The molecule has 5 nitrogen and oxygen atoms in total. The van der Waals surface area contributed by atoms with Gasteiger partial charge in [0.1, 0.15) is 5.75 Å². The standard InChI is InChI=1S/C16H19N3O2S/c1-11(8-13-6-4-5-7-15(13)21-3)18-19-16(20)9-14-10-22-12(2)17-14/h4-7,10H,8-9H2,1-3H3,(H,19,20)/b18-11-. The number of nitrogens with zero attached hydrogens (tertiary/aromatic N) is 2. The predicted octanol–water partition coefficient (Wildman–Crippen LogP) is 2.74. The number of thiazole rings is 1. The average molecular weight is 317 g/mol. The van der Waals surface area contributed by atoms with Crippen molar-refractivity contribution in [1.82, 2.24) is 10.4 Å². The summed E-state index contributed by atoms with van der Waals surface area (Å²) >= 11 is 1.54. The normalized spacial score (nSPS) is 11.3. The topological polar surface area (TPSA) is 63.6 Å². The van der Waals surface area contributed by atoms with Crippen molar-refractivity contribution in [3.63, 3.8) is 0 Å². The molecular formula is C16H19N3O2S. The summed E-state index contributed by atoms with van der Waals surface area (Å²) in [7, 11) is 1.64. The lowest BCUT2D eigenvalue weighted by molar-refractivity contribution is -0.120. The largest absolute Gasteiger partial charge is 0.496 e. The Morgan fingerprint density at radius 2 is 2.14 bits per heavy atom. The maximum absolute atomic E-state index is 11.8. The molecule has 0 atom stereocenters. The van der Waals surface area contributed by atoms with Crippen LogP contribution in [0, 0.1) is 6.92 Å². The highest BCUT2D eigenvalue weighted by Crippen LogP contribution is 2.18. The monoisotopic (exact) mass is 317 g/mol. The molecule has 2 rings (SSSR count). The first kappa shape index (κ1) is 16.2. The summed E-state index contributed by atoms with van der Waals surface area (Å²) in [4.78, 5) is 16.1. The van der Waals surface area contributed by atoms with Crippen LogP contribution in [0.1, 0.15) is 23.2 Å². The third kappa shape index (κ3) is 4.66. The molecule has 0 fully saturated rings. The number of carbonyl (C=O) groups excluding carboxylic acids is 1. The number of hydrogen-bond acceptors (Lipinski definition) is 5. The van der Waals surface area contributed by atoms with Gasteiger partial charge in [0.25, 0.3) is 0 Å². The Morgan fingerprint density at radius 1 is 1.36 bits per heavy atom. The summed E-state index contributed by atoms with van der Waals surface area (Å²) in [6, 6.07) is 7.77. The minimum absolute atomic E-state index is 0.162. The van der Waals surface area contributed by atoms with E-state index in [-0.39, 0.29) is 12.3 Å². The lowest BCUT2D eigenvalue weighted by atomic mass is 10.1. The molecule has 1 N–H and O–H groups in total. The van der Waals surface area contributed by atoms with Crippen LogP contribution in [0.25, 0.3) is 0 Å². The molecule has 22 heavy (non-hydrogen) atoms. The van der Waals surface area contributed by atoms with Gasteiger partial charge in [-0.15, -0.1) is 11.3 Å². The van der Waals surface area contributed by atoms with Crippen molar-refractivity contribution in [3.8, 4) is 5.75 Å². The number of methoxy groups -OCH3 is 1. The van der Waals surface area contributed by atoms with E-state index in [1.807, 2.05) is 43.5 Å². The SMILES string of the molecule is COc1ccccc1C/C(C)=N\NC(=O)Cc1csc(C)n1. The van der Waals surface area contributed by atoms with Gasteiger partial charge in [0, 0.05) is 17.5 Å². The van der Waals surface area contributed by atoms with E-state index in [9.17, 15) is 4.79 Å². The first-order chi connectivity index (χ1) is 10.6. The minimum atomic E-state index is -0.162. The molecule has 1 amide bonds. The molecule has 0 saturated heterocycles. The van der Waals surface area contributed by atoms with E-state index < -0.39 is 0 Å². The number of rotatable bonds is 6. The number of ether oxygens (including phenoxy) is 1. The highest BCUT2D eigenvalue weighted by molar-refractivity contribution is 7.09. The zero-order chi connectivity index (χ0) is 15.9. The molecule has 0 unspecified atom stereocenters. The molecular weight excluding hydrogens is 298 g/mol. The quantitative estimate of drug-likeness (QED) is 0.658. The Labute approximate surface area is 134 Å². The lowest BCUT2D eigenvalue weighted by Crippen LogP contribution is -2.21. The molecule has 0 aliphatic carbocycles. The summed E-state index contributed by atoms with van der Waals surface area (Å²) < 4.78 is 5.30. The average Bonchev–Trinajstić information content (AvgIpc) is 2.91. The van der Waals surface area contributed by atoms with Gasteiger partial charge >= 0.3 is 0 Å². The number of para-hydroxylation sites is 1. The van der Waals surface area contributed by atoms with E-state index in [1.165, 1.54) is 11.3 Å². The van der Waals surface area contributed by atoms with Crippen molar-refractivity contribution in [2.24, 2.45) is 5.10 Å². The molecule has 0 saturated carbocycles. The van der Waals surface area contributed by atoms with Crippen LogP contribution in [0.2, 0.25) is 0 Å². The zero-order valence-corrected chi connectivity index (χ0v) is 13.7. The predicted molar refractivity (Wildman–Crippen MR) is 88.5 cm³/mol. The Kier molecular flexibility index (Phi) is 5.66. The van der Waals surface area contributed by atoms with Crippen LogP contribution in [0.5, 0.6) is 5.75 Å². The second kappa shape index (κ2) is 7.70. The number of aryl methyl sites for hydroxylation is 1. The smallest absolute Gasteiger partial charge is 0.246 e. The van der Waals surface area contributed by atoms with E-state index in [0.29, 0.717) is 6.42 Å². The van der Waals surface area contributed by atoms with Crippen LogP contribution in [0.3, 0.4) is 0 Å². The van der Waals surface area contributed by atoms with Crippen LogP contribution in [-0.2, 0) is 17.6 Å². The molecule has 1 heterocycles. The highest BCUT2D eigenvalue weighted by Gasteiger charge is 2.07. The second-order valence-corrected chi connectivity index (χ2v) is 5.97. The Bertz CT molecular complexity index is 680. The maximum atomic E-state index is 11.8. The summed E-state index contributed by atoms with van der Waals surface area (Å²) in [5.41, 5.74) is 5.20. The third-order valence-corrected chi connectivity index (χ3v) is 3.84. The molecule has 2 aromatic rings. The van der Waals surface area contributed by atoms with Gasteiger partial charge in [0.05, 0.1) is 24.2 Å². The van der Waals surface area contributed by atoms with E-state index in [0.717, 1.165) is 27.7 Å². The summed E-state index contributed by atoms with van der Waals surface area (Å²) in [6.45, 7) is 3.79. The van der Waals surface area contributed by atoms with Crippen molar-refractivity contribution in [3.05, 3.63) is 45.9 Å². The number of hydrazone groups is 1. The fourth-order valence-electron chi connectivity index (χ4n) is 2.02. The van der Waals surface area contributed by atoms with Crippen LogP contribution in [-0.4, -0.2) is 23.7 Å². The highest BCUT2D eigenvalue weighted by atomic mass is 32.1. The second-order valence-electron chi connectivity index (χ2n) is 4.91. The van der Waals surface area contributed by atoms with E-state index in [4.69, 9.17) is 4.74 Å². The van der Waals surface area contributed by atoms with Crippen molar-refractivity contribution in [1.29, 1.82) is 0 Å². The molecule has 0 aliphatic heterocycles. The van der Waals surface area contributed by atoms with Gasteiger partial charge in [-0.1, -0.05) is 18.2 Å². The van der Waals surface area contributed by atoms with E-state index in [1.54, 1.807) is 7.11 Å². The molecule has 0 aliphatic rings. The van der Waals surface area contributed by atoms with E-state index >= 15 is 0 Å².